The molecule has 0 unspecified atom stereocenters. The van der Waals surface area contributed by atoms with E-state index in [0.29, 0.717) is 12.1 Å². The fourth-order valence-corrected chi connectivity index (χ4v) is 3.08. The smallest absolute Gasteiger partial charge is 0.283 e. The molecule has 1 aromatic heterocycles. The second kappa shape index (κ2) is 8.87. The number of nitrogens with zero attached hydrogens (tertiary/aromatic N) is 4. The first-order valence-electron chi connectivity index (χ1n) is 9.03. The fraction of sp³-hybridized carbons (Fsp3) is 0.0500. The maximum atomic E-state index is 11.1. The minimum atomic E-state index is -1.46. The maximum absolute atomic E-state index is 11.1. The van der Waals surface area contributed by atoms with Crippen LogP contribution in [0, 0.1) is 37.3 Å². The van der Waals surface area contributed by atoms with Crippen LogP contribution in [0.15, 0.2) is 66.7 Å². The summed E-state index contributed by atoms with van der Waals surface area (Å²) in [6.07, 6.45) is 0. The van der Waals surface area contributed by atoms with E-state index >= 15 is 0 Å². The molecule has 12 nitrogen and oxygen atoms in total. The van der Waals surface area contributed by atoms with Gasteiger partial charge in [-0.25, -0.2) is 4.98 Å². The molecule has 1 N–H and O–H groups in total. The number of H-pyrrole nitrogens is 1. The number of hydrogen-bond donors (Lipinski definition) is 1. The topological polar surface area (TPSA) is 172 Å². The van der Waals surface area contributed by atoms with Crippen molar-refractivity contribution in [2.45, 2.75) is 6.92 Å². The highest BCUT2D eigenvalue weighted by atomic mass is 16.6. The molecule has 12 heteroatoms. The molecule has 0 aliphatic carbocycles. The van der Waals surface area contributed by atoms with Crippen molar-refractivity contribution < 1.29 is 24.4 Å². The predicted molar refractivity (Wildman–Crippen MR) is 110 cm³/mol. The lowest BCUT2D eigenvalue weighted by Gasteiger charge is -2.06. The van der Waals surface area contributed by atoms with Crippen molar-refractivity contribution in [1.82, 2.24) is 4.98 Å². The van der Waals surface area contributed by atoms with E-state index in [-0.39, 0.29) is 0 Å². The monoisotopic (exact) mass is 437 g/mol. The highest BCUT2D eigenvalue weighted by molar-refractivity contribution is 5.71. The van der Waals surface area contributed by atoms with E-state index in [4.69, 9.17) is 0 Å². The largest absolute Gasteiger partial charge is 0.863 e. The molecule has 3 aromatic carbocycles. The van der Waals surface area contributed by atoms with Gasteiger partial charge in [0.15, 0.2) is 11.0 Å². The van der Waals surface area contributed by atoms with Crippen LogP contribution < -0.4 is 9.67 Å². The average Bonchev–Trinajstić information content (AvgIpc) is 3.10. The first-order valence-corrected chi connectivity index (χ1v) is 9.03. The molecular weight excluding hydrogens is 422 g/mol. The molecule has 0 atom stereocenters. The Morgan fingerprint density at radius 2 is 1.31 bits per heavy atom. The van der Waals surface area contributed by atoms with Crippen molar-refractivity contribution in [1.29, 1.82) is 0 Å². The average molecular weight is 437 g/mol. The Morgan fingerprint density at radius 1 is 0.781 bits per heavy atom. The van der Waals surface area contributed by atoms with Crippen molar-refractivity contribution >= 4 is 28.1 Å². The third kappa shape index (κ3) is 4.33. The van der Waals surface area contributed by atoms with Gasteiger partial charge in [0, 0.05) is 6.92 Å². The zero-order valence-corrected chi connectivity index (χ0v) is 16.5. The van der Waals surface area contributed by atoms with Gasteiger partial charge >= 0.3 is 0 Å². The number of nitrogens with one attached hydrogen (secondary N) is 1. The Hall–Kier alpha value is -4.87. The SMILES string of the molecule is Cc1[nH]c2ccccc2[n+]1-c1ccccc1.O=[N+]([O-])c1cc([N+](=O)[O-])c([O-])c([N+](=O)[O-])c1. The van der Waals surface area contributed by atoms with Gasteiger partial charge in [0.2, 0.25) is 0 Å². The van der Waals surface area contributed by atoms with Crippen molar-refractivity contribution in [3.63, 3.8) is 0 Å². The van der Waals surface area contributed by atoms with Crippen LogP contribution in [0.3, 0.4) is 0 Å². The summed E-state index contributed by atoms with van der Waals surface area (Å²) in [4.78, 5) is 30.9. The van der Waals surface area contributed by atoms with E-state index in [2.05, 4.69) is 58.9 Å². The van der Waals surface area contributed by atoms with Gasteiger partial charge in [-0.15, -0.1) is 0 Å². The van der Waals surface area contributed by atoms with E-state index in [1.807, 2.05) is 12.1 Å². The quantitative estimate of drug-likeness (QED) is 0.290. The number of benzene rings is 3. The van der Waals surface area contributed by atoms with E-state index < -0.39 is 37.6 Å². The number of imidazole rings is 1. The molecule has 0 bridgehead atoms. The molecule has 0 amide bonds. The summed E-state index contributed by atoms with van der Waals surface area (Å²) in [6.45, 7) is 2.09. The molecule has 0 spiro atoms. The summed E-state index contributed by atoms with van der Waals surface area (Å²) >= 11 is 0. The molecule has 4 aromatic rings. The van der Waals surface area contributed by atoms with E-state index in [1.54, 1.807) is 0 Å². The predicted octanol–water partition coefficient (Wildman–Crippen LogP) is 3.24. The molecule has 32 heavy (non-hydrogen) atoms. The van der Waals surface area contributed by atoms with Crippen LogP contribution in [-0.4, -0.2) is 19.8 Å². The highest BCUT2D eigenvalue weighted by Gasteiger charge is 2.24. The van der Waals surface area contributed by atoms with Crippen LogP contribution in [0.5, 0.6) is 5.75 Å². The Labute approximate surface area is 179 Å². The standard InChI is InChI=1S/C14H12N2.C6H3N3O7/c1-11-15-13-9-5-6-10-14(13)16(11)12-7-3-2-4-8-12;10-6-4(8(13)14)1-3(7(11)12)2-5(6)9(15)16/h2-10H,1H3;1-2,10H. The molecule has 0 fully saturated rings. The Bertz CT molecular complexity index is 1300. The normalized spacial score (nSPS) is 10.3. The zero-order chi connectivity index (χ0) is 23.4. The third-order valence-electron chi connectivity index (χ3n) is 4.45. The van der Waals surface area contributed by atoms with Gasteiger partial charge in [0.05, 0.1) is 32.7 Å². The number of aromatic amines is 1. The van der Waals surface area contributed by atoms with E-state index in [9.17, 15) is 35.4 Å². The van der Waals surface area contributed by atoms with Gasteiger partial charge in [0.1, 0.15) is 5.69 Å². The lowest BCUT2D eigenvalue weighted by molar-refractivity contribution is -0.574. The van der Waals surface area contributed by atoms with Crippen LogP contribution in [0.25, 0.3) is 16.7 Å². The minimum Gasteiger partial charge on any atom is -0.863 e. The molecule has 0 saturated heterocycles. The second-order valence-corrected chi connectivity index (χ2v) is 6.48. The summed E-state index contributed by atoms with van der Waals surface area (Å²) in [6, 6.07) is 19.5. The molecule has 4 rings (SSSR count). The molecule has 0 aliphatic rings. The lowest BCUT2D eigenvalue weighted by atomic mass is 10.2. The molecule has 0 radical (unpaired) electrons. The summed E-state index contributed by atoms with van der Waals surface area (Å²) in [5.74, 6) is -0.312. The number of nitro groups is 3. The summed E-state index contributed by atoms with van der Waals surface area (Å²) in [7, 11) is 0. The summed E-state index contributed by atoms with van der Waals surface area (Å²) in [5, 5.41) is 42.1. The van der Waals surface area contributed by atoms with Gasteiger partial charge < -0.3 is 5.11 Å². The number of nitro benzene ring substituents is 3. The molecule has 1 heterocycles. The van der Waals surface area contributed by atoms with Gasteiger partial charge in [-0.2, -0.15) is 4.57 Å². The fourth-order valence-electron chi connectivity index (χ4n) is 3.08. The number of rotatable bonds is 4. The number of aromatic nitrogens is 2. The van der Waals surface area contributed by atoms with Crippen LogP contribution in [0.4, 0.5) is 17.1 Å². The van der Waals surface area contributed by atoms with Crippen LogP contribution >= 0.6 is 0 Å². The van der Waals surface area contributed by atoms with Gasteiger partial charge in [-0.3, -0.25) is 30.3 Å². The summed E-state index contributed by atoms with van der Waals surface area (Å²) in [5.41, 5.74) is 0.312. The Morgan fingerprint density at radius 3 is 1.84 bits per heavy atom. The number of non-ortho nitro benzene ring substituents is 1. The van der Waals surface area contributed by atoms with Crippen LogP contribution in [0.1, 0.15) is 5.82 Å². The number of hydrogen-bond acceptors (Lipinski definition) is 7. The zero-order valence-electron chi connectivity index (χ0n) is 16.5. The van der Waals surface area contributed by atoms with Crippen LogP contribution in [0.2, 0.25) is 0 Å². The lowest BCUT2D eigenvalue weighted by Crippen LogP contribution is -2.32. The first-order chi connectivity index (χ1) is 15.2. The Balaban J connectivity index is 0.000000181. The van der Waals surface area contributed by atoms with Gasteiger partial charge in [0.25, 0.3) is 22.9 Å². The molecule has 0 saturated carbocycles. The van der Waals surface area contributed by atoms with E-state index in [0.717, 1.165) is 5.82 Å². The third-order valence-corrected chi connectivity index (χ3v) is 4.45. The minimum absolute atomic E-state index is 0.384. The van der Waals surface area contributed by atoms with Crippen molar-refractivity contribution in [2.75, 3.05) is 0 Å². The second-order valence-electron chi connectivity index (χ2n) is 6.48. The number of aryl methyl sites for hydroxylation is 1. The Kier molecular flexibility index (Phi) is 6.05. The van der Waals surface area contributed by atoms with Gasteiger partial charge in [-0.05, 0) is 24.3 Å². The molecule has 0 aliphatic heterocycles. The van der Waals surface area contributed by atoms with Crippen molar-refractivity contribution in [3.8, 4) is 11.4 Å². The number of para-hydroxylation sites is 3. The van der Waals surface area contributed by atoms with E-state index in [1.165, 1.54) is 16.7 Å². The summed E-state index contributed by atoms with van der Waals surface area (Å²) < 4.78 is 2.23. The van der Waals surface area contributed by atoms with Gasteiger partial charge in [-0.1, -0.05) is 30.3 Å². The maximum Gasteiger partial charge on any atom is 0.283 e. The van der Waals surface area contributed by atoms with Crippen molar-refractivity contribution in [2.24, 2.45) is 0 Å². The first kappa shape index (κ1) is 21.8. The van der Waals surface area contributed by atoms with Crippen molar-refractivity contribution in [3.05, 3.63) is 103 Å². The number of fused-ring (bicyclic) bond motifs is 1. The molecular formula is C20H15N5O7. The molecule has 162 valence electrons. The highest BCUT2D eigenvalue weighted by Crippen LogP contribution is 2.36. The van der Waals surface area contributed by atoms with Crippen LogP contribution in [-0.2, 0) is 0 Å².